The van der Waals surface area contributed by atoms with E-state index in [9.17, 15) is 4.39 Å². The predicted molar refractivity (Wildman–Crippen MR) is 58.5 cm³/mol. The molecule has 0 radical (unpaired) electrons. The van der Waals surface area contributed by atoms with Crippen molar-refractivity contribution in [3.63, 3.8) is 0 Å². The van der Waals surface area contributed by atoms with Crippen molar-refractivity contribution in [1.29, 1.82) is 0 Å². The molecule has 0 aliphatic carbocycles. The zero-order valence-electron chi connectivity index (χ0n) is 8.41. The number of benzene rings is 1. The summed E-state index contributed by atoms with van der Waals surface area (Å²) in [5, 5.41) is 7.39. The van der Waals surface area contributed by atoms with E-state index in [0.717, 1.165) is 11.3 Å². The fourth-order valence-electron chi connectivity index (χ4n) is 1.33. The summed E-state index contributed by atoms with van der Waals surface area (Å²) in [5.74, 6) is -0.289. The Hall–Kier alpha value is -1.39. The van der Waals surface area contributed by atoms with Crippen molar-refractivity contribution in [3.05, 3.63) is 52.6 Å². The summed E-state index contributed by atoms with van der Waals surface area (Å²) in [6.07, 6.45) is 1.51. The molecule has 0 bridgehead atoms. The minimum atomic E-state index is -0.289. The lowest BCUT2D eigenvalue weighted by atomic mass is 10.2. The Morgan fingerprint density at radius 2 is 2.19 bits per heavy atom. The highest BCUT2D eigenvalue weighted by Crippen LogP contribution is 2.16. The fraction of sp³-hybridized carbons (Fsp3) is 0.182. The zero-order valence-corrected chi connectivity index (χ0v) is 9.17. The highest BCUT2D eigenvalue weighted by molar-refractivity contribution is 6.31. The van der Waals surface area contributed by atoms with Crippen molar-refractivity contribution in [2.45, 2.75) is 13.1 Å². The Bertz CT molecular complexity index is 459. The summed E-state index contributed by atoms with van der Waals surface area (Å²) in [6.45, 7) is 1.05. The van der Waals surface area contributed by atoms with Gasteiger partial charge in [0.25, 0.3) is 0 Å². The van der Waals surface area contributed by atoms with Gasteiger partial charge in [-0.3, -0.25) is 0 Å². The van der Waals surface area contributed by atoms with Crippen LogP contribution < -0.4 is 5.32 Å². The van der Waals surface area contributed by atoms with Crippen molar-refractivity contribution in [2.24, 2.45) is 0 Å². The lowest BCUT2D eigenvalue weighted by molar-refractivity contribution is 0.408. The molecule has 0 aliphatic heterocycles. The van der Waals surface area contributed by atoms with Crippen LogP contribution in [0.3, 0.4) is 0 Å². The zero-order chi connectivity index (χ0) is 11.4. The normalized spacial score (nSPS) is 10.6. The van der Waals surface area contributed by atoms with Crippen molar-refractivity contribution in [2.75, 3.05) is 0 Å². The molecule has 3 nitrogen and oxygen atoms in total. The first-order valence-corrected chi connectivity index (χ1v) is 5.17. The van der Waals surface area contributed by atoms with Gasteiger partial charge in [0.15, 0.2) is 0 Å². The van der Waals surface area contributed by atoms with E-state index in [1.807, 2.05) is 0 Å². The second kappa shape index (κ2) is 5.09. The van der Waals surface area contributed by atoms with Gasteiger partial charge in [-0.2, -0.15) is 0 Å². The van der Waals surface area contributed by atoms with Crippen molar-refractivity contribution < 1.29 is 8.91 Å². The molecule has 0 atom stereocenters. The van der Waals surface area contributed by atoms with Gasteiger partial charge in [-0.05, 0) is 23.8 Å². The van der Waals surface area contributed by atoms with Crippen LogP contribution in [0.2, 0.25) is 5.02 Å². The smallest absolute Gasteiger partial charge is 0.124 e. The monoisotopic (exact) mass is 240 g/mol. The molecule has 84 valence electrons. The van der Waals surface area contributed by atoms with E-state index in [4.69, 9.17) is 11.6 Å². The summed E-state index contributed by atoms with van der Waals surface area (Å²) >= 11 is 5.92. The quantitative estimate of drug-likeness (QED) is 0.893. The van der Waals surface area contributed by atoms with E-state index in [-0.39, 0.29) is 5.82 Å². The van der Waals surface area contributed by atoms with Gasteiger partial charge in [-0.25, -0.2) is 4.39 Å². The average Bonchev–Trinajstić information content (AvgIpc) is 2.76. The SMILES string of the molecule is Fc1ccc(Cl)c(CNCc2ccon2)c1. The standard InChI is InChI=1S/C11H10ClFN2O/c12-11-2-1-9(13)5-8(11)6-14-7-10-3-4-16-15-10/h1-5,14H,6-7H2. The van der Waals surface area contributed by atoms with Crippen LogP contribution in [-0.4, -0.2) is 5.16 Å². The second-order valence-electron chi connectivity index (χ2n) is 3.33. The number of halogens is 2. The van der Waals surface area contributed by atoms with E-state index in [0.29, 0.717) is 18.1 Å². The maximum Gasteiger partial charge on any atom is 0.124 e. The average molecular weight is 241 g/mol. The molecule has 0 fully saturated rings. The molecular weight excluding hydrogens is 231 g/mol. The van der Waals surface area contributed by atoms with E-state index >= 15 is 0 Å². The van der Waals surface area contributed by atoms with E-state index in [2.05, 4.69) is 15.0 Å². The number of nitrogens with one attached hydrogen (secondary N) is 1. The maximum absolute atomic E-state index is 12.9. The number of hydrogen-bond acceptors (Lipinski definition) is 3. The van der Waals surface area contributed by atoms with Gasteiger partial charge < -0.3 is 9.84 Å². The molecule has 1 aromatic heterocycles. The minimum Gasteiger partial charge on any atom is -0.364 e. The minimum absolute atomic E-state index is 0.289. The number of aromatic nitrogens is 1. The highest BCUT2D eigenvalue weighted by Gasteiger charge is 2.02. The Kier molecular flexibility index (Phi) is 3.54. The molecule has 0 saturated carbocycles. The lowest BCUT2D eigenvalue weighted by Crippen LogP contribution is -2.13. The number of nitrogens with zero attached hydrogens (tertiary/aromatic N) is 1. The van der Waals surface area contributed by atoms with Gasteiger partial charge in [-0.15, -0.1) is 0 Å². The molecule has 16 heavy (non-hydrogen) atoms. The maximum atomic E-state index is 12.9. The first-order chi connectivity index (χ1) is 7.75. The van der Waals surface area contributed by atoms with Crippen LogP contribution in [0.1, 0.15) is 11.3 Å². The van der Waals surface area contributed by atoms with Gasteiger partial charge in [0, 0.05) is 24.2 Å². The molecule has 2 rings (SSSR count). The Balaban J connectivity index is 1.92. The molecule has 0 unspecified atom stereocenters. The molecule has 0 aliphatic rings. The molecular formula is C11H10ClFN2O. The Labute approximate surface area is 97.2 Å². The van der Waals surface area contributed by atoms with Crippen molar-refractivity contribution in [1.82, 2.24) is 10.5 Å². The number of rotatable bonds is 4. The third-order valence-corrected chi connectivity index (χ3v) is 2.49. The van der Waals surface area contributed by atoms with Crippen LogP contribution in [0.4, 0.5) is 4.39 Å². The fourth-order valence-corrected chi connectivity index (χ4v) is 1.52. The summed E-state index contributed by atoms with van der Waals surface area (Å²) in [5.41, 5.74) is 1.53. The molecule has 0 spiro atoms. The topological polar surface area (TPSA) is 38.1 Å². The van der Waals surface area contributed by atoms with E-state index in [1.165, 1.54) is 18.4 Å². The third kappa shape index (κ3) is 2.81. The lowest BCUT2D eigenvalue weighted by Gasteiger charge is -2.05. The van der Waals surface area contributed by atoms with Gasteiger partial charge in [0.2, 0.25) is 0 Å². The first kappa shape index (κ1) is 11.1. The van der Waals surface area contributed by atoms with Crippen LogP contribution in [0.15, 0.2) is 35.1 Å². The van der Waals surface area contributed by atoms with Gasteiger partial charge >= 0.3 is 0 Å². The second-order valence-corrected chi connectivity index (χ2v) is 3.74. The highest BCUT2D eigenvalue weighted by atomic mass is 35.5. The van der Waals surface area contributed by atoms with Gasteiger partial charge in [0.05, 0.1) is 5.69 Å². The van der Waals surface area contributed by atoms with Gasteiger partial charge in [-0.1, -0.05) is 16.8 Å². The van der Waals surface area contributed by atoms with E-state index in [1.54, 1.807) is 12.1 Å². The molecule has 0 saturated heterocycles. The molecule has 1 heterocycles. The summed E-state index contributed by atoms with van der Waals surface area (Å²) in [6, 6.07) is 6.06. The first-order valence-electron chi connectivity index (χ1n) is 4.79. The largest absolute Gasteiger partial charge is 0.364 e. The molecule has 5 heteroatoms. The van der Waals surface area contributed by atoms with Crippen molar-refractivity contribution >= 4 is 11.6 Å². The van der Waals surface area contributed by atoms with Crippen LogP contribution >= 0.6 is 11.6 Å². The van der Waals surface area contributed by atoms with Crippen LogP contribution in [0.25, 0.3) is 0 Å². The molecule has 1 aromatic carbocycles. The van der Waals surface area contributed by atoms with Crippen LogP contribution in [0.5, 0.6) is 0 Å². The summed E-state index contributed by atoms with van der Waals surface area (Å²) < 4.78 is 17.6. The predicted octanol–water partition coefficient (Wildman–Crippen LogP) is 2.76. The third-order valence-electron chi connectivity index (χ3n) is 2.12. The molecule has 1 N–H and O–H groups in total. The van der Waals surface area contributed by atoms with Crippen molar-refractivity contribution in [3.8, 4) is 0 Å². The van der Waals surface area contributed by atoms with Crippen LogP contribution in [-0.2, 0) is 13.1 Å². The van der Waals surface area contributed by atoms with E-state index < -0.39 is 0 Å². The Morgan fingerprint density at radius 3 is 2.94 bits per heavy atom. The van der Waals surface area contributed by atoms with Crippen LogP contribution in [0, 0.1) is 5.82 Å². The Morgan fingerprint density at radius 1 is 1.31 bits per heavy atom. The van der Waals surface area contributed by atoms with Gasteiger partial charge in [0.1, 0.15) is 12.1 Å². The molecule has 0 amide bonds. The summed E-state index contributed by atoms with van der Waals surface area (Å²) in [4.78, 5) is 0. The summed E-state index contributed by atoms with van der Waals surface area (Å²) in [7, 11) is 0. The number of hydrogen-bond donors (Lipinski definition) is 1. The molecule has 2 aromatic rings.